The number of Topliss-reactive ketones (excluding diaryl/α,β-unsaturated/α-hetero) is 4. The van der Waals surface area contributed by atoms with Gasteiger partial charge < -0.3 is 35.6 Å². The number of carbonyl (C=O) groups excluding carboxylic acids is 5. The van der Waals surface area contributed by atoms with Crippen LogP contribution in [0.3, 0.4) is 0 Å². The van der Waals surface area contributed by atoms with Gasteiger partial charge in [-0.05, 0) is 62.2 Å². The molecule has 2 saturated carbocycles. The molecular formula is C31H34N4O9. The molecule has 3 aliphatic carbocycles. The van der Waals surface area contributed by atoms with Crippen LogP contribution in [-0.2, 0) is 32.1 Å². The molecule has 4 unspecified atom stereocenters. The molecule has 0 bridgehead atoms. The summed E-state index contributed by atoms with van der Waals surface area (Å²) >= 11 is 0. The van der Waals surface area contributed by atoms with Crippen molar-refractivity contribution in [2.75, 3.05) is 45.2 Å². The van der Waals surface area contributed by atoms with Gasteiger partial charge in [0.05, 0.1) is 23.2 Å². The largest absolute Gasteiger partial charge is 0.505 e. The molecule has 2 aromatic rings. The molecule has 13 nitrogen and oxygen atoms in total. The molecule has 1 amide bonds. The van der Waals surface area contributed by atoms with Crippen molar-refractivity contribution >= 4 is 40.4 Å². The first kappa shape index (κ1) is 29.6. The average molecular weight is 607 g/mol. The van der Waals surface area contributed by atoms with E-state index in [2.05, 4.69) is 5.32 Å². The number of aliphatic hydroxyl groups is 1. The molecule has 6 rings (SSSR count). The van der Waals surface area contributed by atoms with E-state index in [1.54, 1.807) is 51.3 Å². The number of phenolic OH excluding ortho intramolecular Hbond substituents is 1. The normalized spacial score (nSPS) is 28.8. The number of carbonyl (C=O) groups is 5. The number of amides is 1. The maximum Gasteiger partial charge on any atom is 0.235 e. The van der Waals surface area contributed by atoms with Crippen LogP contribution in [0.25, 0.3) is 0 Å². The predicted octanol–water partition coefficient (Wildman–Crippen LogP) is 0.274. The maximum atomic E-state index is 14.2. The minimum absolute atomic E-state index is 0.0123. The number of ether oxygens (including phenoxy) is 2. The van der Waals surface area contributed by atoms with Gasteiger partial charge in [0.2, 0.25) is 12.7 Å². The van der Waals surface area contributed by atoms with Gasteiger partial charge in [-0.25, -0.2) is 0 Å². The van der Waals surface area contributed by atoms with Crippen LogP contribution in [0.5, 0.6) is 17.2 Å². The Labute approximate surface area is 252 Å². The van der Waals surface area contributed by atoms with Crippen LogP contribution >= 0.6 is 0 Å². The molecule has 5 N–H and O–H groups in total. The molecule has 232 valence electrons. The van der Waals surface area contributed by atoms with E-state index in [1.807, 2.05) is 6.07 Å². The molecule has 0 saturated heterocycles. The molecule has 13 heteroatoms. The summed E-state index contributed by atoms with van der Waals surface area (Å²) in [6.07, 6.45) is 0.164. The summed E-state index contributed by atoms with van der Waals surface area (Å²) in [6, 6.07) is 5.99. The third kappa shape index (κ3) is 4.17. The van der Waals surface area contributed by atoms with E-state index in [1.165, 1.54) is 4.90 Å². The lowest BCUT2D eigenvalue weighted by Gasteiger charge is -2.52. The fourth-order valence-electron chi connectivity index (χ4n) is 7.43. The second kappa shape index (κ2) is 10.3. The number of primary amides is 1. The quantitative estimate of drug-likeness (QED) is 0.260. The average Bonchev–Trinajstić information content (AvgIpc) is 3.42. The lowest BCUT2D eigenvalue weighted by Crippen LogP contribution is -2.74. The SMILES string of the molecule is CN(C)c1cc(NCc2ccc3c(c2)OCO3)c(O)c2c1CC1CC3[C@H](N(C)C)C(=O)C(C(N)=O)C(=O)[C@@]3(O)C(=O)C1C2=O. The van der Waals surface area contributed by atoms with Crippen LogP contribution in [0.1, 0.15) is 27.9 Å². The monoisotopic (exact) mass is 606 g/mol. The number of nitrogens with one attached hydrogen (secondary N) is 1. The zero-order valence-corrected chi connectivity index (χ0v) is 24.7. The van der Waals surface area contributed by atoms with E-state index in [0.717, 1.165) is 5.56 Å². The lowest BCUT2D eigenvalue weighted by atomic mass is 9.52. The Kier molecular flexibility index (Phi) is 6.93. The Balaban J connectivity index is 1.40. The highest BCUT2D eigenvalue weighted by molar-refractivity contribution is 6.32. The van der Waals surface area contributed by atoms with Crippen LogP contribution in [0, 0.1) is 23.7 Å². The van der Waals surface area contributed by atoms with Crippen LogP contribution in [-0.4, -0.2) is 90.8 Å². The molecule has 0 radical (unpaired) electrons. The molecule has 2 aromatic carbocycles. The summed E-state index contributed by atoms with van der Waals surface area (Å²) in [7, 11) is 6.68. The summed E-state index contributed by atoms with van der Waals surface area (Å²) in [6.45, 7) is 0.392. The second-order valence-corrected chi connectivity index (χ2v) is 12.4. The van der Waals surface area contributed by atoms with Crippen LogP contribution in [0.2, 0.25) is 0 Å². The lowest BCUT2D eigenvalue weighted by molar-refractivity contribution is -0.181. The number of phenols is 1. The Morgan fingerprint density at radius 1 is 1.07 bits per heavy atom. The zero-order chi connectivity index (χ0) is 31.8. The number of hydrogen-bond acceptors (Lipinski definition) is 12. The Morgan fingerprint density at radius 3 is 2.43 bits per heavy atom. The molecular weight excluding hydrogens is 572 g/mol. The Bertz CT molecular complexity index is 1640. The Hall–Kier alpha value is -4.49. The van der Waals surface area contributed by atoms with E-state index in [0.29, 0.717) is 22.7 Å². The van der Waals surface area contributed by atoms with E-state index in [4.69, 9.17) is 15.2 Å². The summed E-state index contributed by atoms with van der Waals surface area (Å²) in [5.41, 5.74) is 4.78. The minimum atomic E-state index is -2.77. The number of hydrogen-bond donors (Lipinski definition) is 4. The molecule has 4 aliphatic rings. The summed E-state index contributed by atoms with van der Waals surface area (Å²) in [5, 5.41) is 26.4. The van der Waals surface area contributed by atoms with E-state index in [9.17, 15) is 34.2 Å². The van der Waals surface area contributed by atoms with E-state index >= 15 is 0 Å². The predicted molar refractivity (Wildman–Crippen MR) is 156 cm³/mol. The second-order valence-electron chi connectivity index (χ2n) is 12.4. The van der Waals surface area contributed by atoms with Gasteiger partial charge in [-0.3, -0.25) is 28.9 Å². The summed E-state index contributed by atoms with van der Waals surface area (Å²) in [5.74, 6) is -9.62. The van der Waals surface area contributed by atoms with Crippen LogP contribution in [0.15, 0.2) is 24.3 Å². The van der Waals surface area contributed by atoms with Crippen molar-refractivity contribution < 1.29 is 43.7 Å². The van der Waals surface area contributed by atoms with Gasteiger partial charge in [0.1, 0.15) is 5.75 Å². The van der Waals surface area contributed by atoms with Gasteiger partial charge in [-0.2, -0.15) is 0 Å². The van der Waals surface area contributed by atoms with Gasteiger partial charge in [0.15, 0.2) is 46.2 Å². The van der Waals surface area contributed by atoms with Gasteiger partial charge in [0.25, 0.3) is 0 Å². The highest BCUT2D eigenvalue weighted by atomic mass is 16.7. The first-order valence-corrected chi connectivity index (χ1v) is 14.3. The highest BCUT2D eigenvalue weighted by Crippen LogP contribution is 2.52. The van der Waals surface area contributed by atoms with Crippen molar-refractivity contribution in [2.45, 2.75) is 31.0 Å². The molecule has 1 aliphatic heterocycles. The molecule has 0 spiro atoms. The van der Waals surface area contributed by atoms with Crippen LogP contribution < -0.4 is 25.4 Å². The number of ketones is 4. The molecule has 6 atom stereocenters. The first-order valence-electron chi connectivity index (χ1n) is 14.3. The van der Waals surface area contributed by atoms with Gasteiger partial charge in [-0.15, -0.1) is 0 Å². The van der Waals surface area contributed by atoms with Crippen molar-refractivity contribution in [3.05, 3.63) is 41.0 Å². The number of anilines is 2. The number of nitrogens with zero attached hydrogens (tertiary/aromatic N) is 2. The molecule has 44 heavy (non-hydrogen) atoms. The minimum Gasteiger partial charge on any atom is -0.505 e. The van der Waals surface area contributed by atoms with Gasteiger partial charge >= 0.3 is 0 Å². The Morgan fingerprint density at radius 2 is 1.77 bits per heavy atom. The fraction of sp³-hybridized carbons (Fsp3) is 0.452. The molecule has 0 aromatic heterocycles. The number of rotatable bonds is 6. The summed E-state index contributed by atoms with van der Waals surface area (Å²) < 4.78 is 10.8. The molecule has 2 fully saturated rings. The van der Waals surface area contributed by atoms with Crippen molar-refractivity contribution in [1.29, 1.82) is 0 Å². The van der Waals surface area contributed by atoms with Crippen molar-refractivity contribution in [2.24, 2.45) is 29.4 Å². The van der Waals surface area contributed by atoms with Crippen molar-refractivity contribution in [3.8, 4) is 17.2 Å². The number of benzene rings is 2. The number of likely N-dealkylation sites (N-methyl/N-ethyl adjacent to an activating group) is 1. The smallest absolute Gasteiger partial charge is 0.235 e. The third-order valence-corrected chi connectivity index (χ3v) is 9.44. The maximum absolute atomic E-state index is 14.2. The van der Waals surface area contributed by atoms with Crippen LogP contribution in [0.4, 0.5) is 11.4 Å². The topological polar surface area (TPSA) is 189 Å². The van der Waals surface area contributed by atoms with Crippen molar-refractivity contribution in [3.63, 3.8) is 0 Å². The van der Waals surface area contributed by atoms with Crippen molar-refractivity contribution in [1.82, 2.24) is 4.90 Å². The number of nitrogens with two attached hydrogens (primary N) is 1. The molecule has 1 heterocycles. The third-order valence-electron chi connectivity index (χ3n) is 9.44. The number of fused-ring (bicyclic) bond motifs is 4. The fourth-order valence-corrected chi connectivity index (χ4v) is 7.43. The zero-order valence-electron chi connectivity index (χ0n) is 24.7. The standard InChI is InChI=1S/C31H34N4O9/c1-34(2)18-10-17(33-11-13-5-6-19-20(7-13)44-12-43-19)25(36)22-15(18)8-14-9-16-24(35(3)4)27(38)23(30(32)41)29(40)31(16,42)28(39)21(14)26(22)37/h5-7,10,14,16,21,23-24,33,36,42H,8-9,11-12H2,1-4H3,(H2,32,41)/t14?,16?,21?,23?,24-,31-/m0/s1. The summed E-state index contributed by atoms with van der Waals surface area (Å²) in [4.78, 5) is 70.5. The van der Waals surface area contributed by atoms with E-state index in [-0.39, 0.29) is 43.2 Å². The number of aromatic hydroxyl groups is 1. The van der Waals surface area contributed by atoms with Gasteiger partial charge in [-0.1, -0.05) is 6.07 Å². The highest BCUT2D eigenvalue weighted by Gasteiger charge is 2.69. The first-order chi connectivity index (χ1) is 20.8. The van der Waals surface area contributed by atoms with E-state index < -0.39 is 64.4 Å². The van der Waals surface area contributed by atoms with Gasteiger partial charge in [0, 0.05) is 32.2 Å².